The molecule has 4 atom stereocenters. The Morgan fingerprint density at radius 2 is 1.97 bits per heavy atom. The summed E-state index contributed by atoms with van der Waals surface area (Å²) in [6.07, 6.45) is 4.38. The quantitative estimate of drug-likeness (QED) is 0.479. The van der Waals surface area contributed by atoms with Gasteiger partial charge in [0.1, 0.15) is 35.1 Å². The first-order valence-electron chi connectivity index (χ1n) is 10.5. The summed E-state index contributed by atoms with van der Waals surface area (Å²) in [4.78, 5) is 8.73. The van der Waals surface area contributed by atoms with Crippen LogP contribution in [0.15, 0.2) is 30.6 Å². The van der Waals surface area contributed by atoms with Crippen molar-refractivity contribution in [2.24, 2.45) is 0 Å². The van der Waals surface area contributed by atoms with Crippen molar-refractivity contribution in [2.75, 3.05) is 6.61 Å². The lowest BCUT2D eigenvalue weighted by Crippen LogP contribution is -2.35. The molecule has 3 aromatic rings. The van der Waals surface area contributed by atoms with Crippen LogP contribution in [-0.2, 0) is 22.4 Å². The lowest BCUT2D eigenvalue weighted by atomic mass is 9.96. The molecule has 0 saturated carbocycles. The summed E-state index contributed by atoms with van der Waals surface area (Å²) in [5.74, 6) is -1.11. The van der Waals surface area contributed by atoms with Crippen LogP contribution in [0.2, 0.25) is 0 Å². The molecule has 176 valence electrons. The minimum Gasteiger partial charge on any atom is -0.370 e. The number of ether oxygens (including phenoxy) is 1. The number of rotatable bonds is 8. The number of benzene rings is 1. The normalized spacial score (nSPS) is 18.9. The minimum absolute atomic E-state index is 0.0991. The average molecular weight is 479 g/mol. The Kier molecular flexibility index (Phi) is 7.17. The lowest BCUT2D eigenvalue weighted by Gasteiger charge is -2.23. The Morgan fingerprint density at radius 3 is 2.58 bits per heavy atom. The SMILES string of the molecule is Cc1cnc([C@H](Cc2nnc([C@@H]3CCCO3)n2-c2c(F)cccc2F)[C@@H](C)NS(=O)O)nc1. The molecule has 0 radical (unpaired) electrons. The maximum atomic E-state index is 14.8. The molecule has 2 N–H and O–H groups in total. The van der Waals surface area contributed by atoms with Crippen LogP contribution >= 0.6 is 0 Å². The van der Waals surface area contributed by atoms with E-state index in [1.54, 1.807) is 19.3 Å². The Labute approximate surface area is 192 Å². The topological polar surface area (TPSA) is 115 Å². The first kappa shape index (κ1) is 23.5. The van der Waals surface area contributed by atoms with Crippen LogP contribution in [0.25, 0.3) is 5.69 Å². The summed E-state index contributed by atoms with van der Waals surface area (Å²) in [7, 11) is 0. The number of hydrogen-bond acceptors (Lipinski definition) is 6. The van der Waals surface area contributed by atoms with E-state index in [9.17, 15) is 17.5 Å². The largest absolute Gasteiger partial charge is 0.370 e. The van der Waals surface area contributed by atoms with Crippen molar-refractivity contribution in [2.45, 2.75) is 51.2 Å². The fraction of sp³-hybridized carbons (Fsp3) is 0.429. The average Bonchev–Trinajstić information content (AvgIpc) is 3.42. The van der Waals surface area contributed by atoms with Crippen LogP contribution in [0, 0.1) is 18.6 Å². The monoisotopic (exact) mass is 478 g/mol. The minimum atomic E-state index is -2.29. The molecule has 0 spiro atoms. The summed E-state index contributed by atoms with van der Waals surface area (Å²) in [5.41, 5.74) is 0.555. The highest BCUT2D eigenvalue weighted by molar-refractivity contribution is 7.77. The predicted molar refractivity (Wildman–Crippen MR) is 116 cm³/mol. The van der Waals surface area contributed by atoms with Crippen molar-refractivity contribution in [3.63, 3.8) is 0 Å². The molecular formula is C21H24F2N6O3S. The summed E-state index contributed by atoms with van der Waals surface area (Å²) >= 11 is -2.29. The molecule has 1 aliphatic rings. The Morgan fingerprint density at radius 1 is 1.27 bits per heavy atom. The van der Waals surface area contributed by atoms with Gasteiger partial charge in [-0.05, 0) is 44.4 Å². The number of nitrogens with one attached hydrogen (secondary N) is 1. The van der Waals surface area contributed by atoms with E-state index in [1.807, 2.05) is 6.92 Å². The second-order valence-corrected chi connectivity index (χ2v) is 8.70. The zero-order chi connectivity index (χ0) is 23.5. The molecule has 3 heterocycles. The molecule has 9 nitrogen and oxygen atoms in total. The fourth-order valence-electron chi connectivity index (χ4n) is 3.92. The van der Waals surface area contributed by atoms with Gasteiger partial charge < -0.3 is 4.74 Å². The first-order chi connectivity index (χ1) is 15.8. The maximum absolute atomic E-state index is 14.8. The van der Waals surface area contributed by atoms with Crippen LogP contribution in [0.3, 0.4) is 0 Å². The van der Waals surface area contributed by atoms with E-state index in [2.05, 4.69) is 24.9 Å². The van der Waals surface area contributed by atoms with E-state index in [4.69, 9.17) is 4.74 Å². The van der Waals surface area contributed by atoms with Gasteiger partial charge in [0.25, 0.3) is 0 Å². The molecular weight excluding hydrogens is 454 g/mol. The third-order valence-electron chi connectivity index (χ3n) is 5.56. The number of nitrogens with zero attached hydrogens (tertiary/aromatic N) is 5. The second kappa shape index (κ2) is 10.1. The summed E-state index contributed by atoms with van der Waals surface area (Å²) in [6, 6.07) is 3.05. The molecule has 1 fully saturated rings. The smallest absolute Gasteiger partial charge is 0.231 e. The zero-order valence-electron chi connectivity index (χ0n) is 18.1. The number of halogens is 2. The Balaban J connectivity index is 1.81. The molecule has 2 aromatic heterocycles. The number of aryl methyl sites for hydroxylation is 1. The molecule has 0 aliphatic carbocycles. The first-order valence-corrected chi connectivity index (χ1v) is 11.6. The van der Waals surface area contributed by atoms with E-state index in [1.165, 1.54) is 22.8 Å². The summed E-state index contributed by atoms with van der Waals surface area (Å²) in [5, 5.41) is 8.46. The molecule has 0 amide bonds. The second-order valence-electron chi connectivity index (χ2n) is 7.97. The highest BCUT2D eigenvalue weighted by atomic mass is 32.2. The standard InChI is InChI=1S/C21H24F2N6O3S/c1-12-10-24-20(25-11-12)14(13(2)28-33(30)31)9-18-26-27-21(17-7-4-8-32-17)29(18)19-15(22)5-3-6-16(19)23/h3,5-6,10-11,13-14,17,28H,4,7-9H2,1-2H3,(H,30,31)/t13-,14-,17+/m1/s1. The van der Waals surface area contributed by atoms with Gasteiger partial charge in [-0.2, -0.15) is 0 Å². The maximum Gasteiger partial charge on any atom is 0.231 e. The number of hydrogen-bond donors (Lipinski definition) is 2. The van der Waals surface area contributed by atoms with Crippen LogP contribution in [0.4, 0.5) is 8.78 Å². The highest BCUT2D eigenvalue weighted by Crippen LogP contribution is 2.33. The molecule has 4 rings (SSSR count). The van der Waals surface area contributed by atoms with Gasteiger partial charge in [-0.25, -0.2) is 27.7 Å². The molecule has 0 bridgehead atoms. The van der Waals surface area contributed by atoms with Gasteiger partial charge >= 0.3 is 0 Å². The highest BCUT2D eigenvalue weighted by Gasteiger charge is 2.32. The molecule has 33 heavy (non-hydrogen) atoms. The van der Waals surface area contributed by atoms with Crippen LogP contribution in [-0.4, -0.2) is 46.1 Å². The van der Waals surface area contributed by atoms with Crippen molar-refractivity contribution in [1.29, 1.82) is 0 Å². The number of aromatic nitrogens is 5. The van der Waals surface area contributed by atoms with Crippen molar-refractivity contribution in [3.05, 3.63) is 65.3 Å². The van der Waals surface area contributed by atoms with E-state index < -0.39 is 41.0 Å². The van der Waals surface area contributed by atoms with Crippen molar-refractivity contribution in [1.82, 2.24) is 29.5 Å². The Hall–Kier alpha value is -2.67. The molecule has 1 unspecified atom stereocenters. The summed E-state index contributed by atoms with van der Waals surface area (Å²) < 4.78 is 60.0. The lowest BCUT2D eigenvalue weighted by molar-refractivity contribution is 0.103. The van der Waals surface area contributed by atoms with Gasteiger partial charge in [0.05, 0.1) is 0 Å². The third kappa shape index (κ3) is 5.13. The molecule has 12 heteroatoms. The zero-order valence-corrected chi connectivity index (χ0v) is 18.9. The van der Waals surface area contributed by atoms with Crippen LogP contribution < -0.4 is 4.72 Å². The molecule has 1 aromatic carbocycles. The summed E-state index contributed by atoms with van der Waals surface area (Å²) in [6.45, 7) is 4.07. The van der Waals surface area contributed by atoms with Crippen molar-refractivity contribution in [3.8, 4) is 5.69 Å². The predicted octanol–water partition coefficient (Wildman–Crippen LogP) is 2.94. The fourth-order valence-corrected chi connectivity index (χ4v) is 4.40. The van der Waals surface area contributed by atoms with Crippen LogP contribution in [0.5, 0.6) is 0 Å². The van der Waals surface area contributed by atoms with E-state index >= 15 is 0 Å². The van der Waals surface area contributed by atoms with E-state index in [0.717, 1.165) is 12.0 Å². The molecule has 1 aliphatic heterocycles. The van der Waals surface area contributed by atoms with Gasteiger partial charge in [0.2, 0.25) is 11.3 Å². The third-order valence-corrected chi connectivity index (χ3v) is 6.13. The van der Waals surface area contributed by atoms with Gasteiger partial charge in [-0.1, -0.05) is 6.07 Å². The van der Waals surface area contributed by atoms with Gasteiger partial charge in [0.15, 0.2) is 5.82 Å². The van der Waals surface area contributed by atoms with Gasteiger partial charge in [0, 0.05) is 37.4 Å². The van der Waals surface area contributed by atoms with Crippen molar-refractivity contribution < 1.29 is 22.3 Å². The Bertz CT molecular complexity index is 1120. The van der Waals surface area contributed by atoms with Crippen LogP contribution in [0.1, 0.15) is 54.8 Å². The molecule has 1 saturated heterocycles. The van der Waals surface area contributed by atoms with E-state index in [-0.39, 0.29) is 17.9 Å². The number of para-hydroxylation sites is 1. The van der Waals surface area contributed by atoms with E-state index in [0.29, 0.717) is 24.7 Å². The van der Waals surface area contributed by atoms with Crippen molar-refractivity contribution >= 4 is 11.3 Å². The van der Waals surface area contributed by atoms with Gasteiger partial charge in [-0.3, -0.25) is 9.12 Å². The van der Waals surface area contributed by atoms with Gasteiger partial charge in [-0.15, -0.1) is 10.2 Å².